The average Bonchev–Trinajstić information content (AvgIpc) is 3.80. The highest BCUT2D eigenvalue weighted by Crippen LogP contribution is 2.74. The van der Waals surface area contributed by atoms with Crippen LogP contribution in [0.3, 0.4) is 0 Å². The molecule has 2 aromatic carbocycles. The third-order valence-electron chi connectivity index (χ3n) is 14.4. The summed E-state index contributed by atoms with van der Waals surface area (Å²) in [4.78, 5) is 44.2. The van der Waals surface area contributed by atoms with Gasteiger partial charge in [0.25, 0.3) is 0 Å². The summed E-state index contributed by atoms with van der Waals surface area (Å²) < 4.78 is 12.6. The van der Waals surface area contributed by atoms with E-state index in [0.717, 1.165) is 33.8 Å². The normalized spacial score (nSPS) is 43.9. The highest BCUT2D eigenvalue weighted by atomic mass is 32.2. The van der Waals surface area contributed by atoms with Gasteiger partial charge in [0.2, 0.25) is 0 Å². The summed E-state index contributed by atoms with van der Waals surface area (Å²) >= 11 is 3.28. The average molecular weight is 727 g/mol. The maximum atomic E-state index is 14.7. The van der Waals surface area contributed by atoms with Crippen molar-refractivity contribution in [1.29, 1.82) is 0 Å². The molecular formula is C42H46O7S2. The summed E-state index contributed by atoms with van der Waals surface area (Å²) in [5.74, 6) is -1.92. The van der Waals surface area contributed by atoms with Crippen molar-refractivity contribution in [3.8, 4) is 0 Å². The van der Waals surface area contributed by atoms with E-state index in [1.165, 1.54) is 0 Å². The predicted molar refractivity (Wildman–Crippen MR) is 195 cm³/mol. The van der Waals surface area contributed by atoms with Crippen LogP contribution in [-0.4, -0.2) is 62.9 Å². The van der Waals surface area contributed by atoms with Gasteiger partial charge in [0.15, 0.2) is 0 Å². The van der Waals surface area contributed by atoms with Crippen molar-refractivity contribution < 1.29 is 34.1 Å². The fourth-order valence-corrected chi connectivity index (χ4v) is 14.3. The van der Waals surface area contributed by atoms with Crippen LogP contribution in [0.4, 0.5) is 0 Å². The number of allylic oxidation sites excluding steroid dienone is 2. The zero-order chi connectivity index (χ0) is 35.3. The van der Waals surface area contributed by atoms with Crippen LogP contribution in [0, 0.1) is 52.8 Å². The molecule has 2 saturated heterocycles. The minimum absolute atomic E-state index is 0.0601. The third-order valence-corrected chi connectivity index (χ3v) is 16.7. The third kappa shape index (κ3) is 4.82. The Kier molecular flexibility index (Phi) is 8.23. The van der Waals surface area contributed by atoms with Crippen LogP contribution in [-0.2, 0) is 23.9 Å². The first-order valence-corrected chi connectivity index (χ1v) is 20.6. The molecule has 7 aliphatic rings. The number of thioether (sulfide) groups is 2. The molecule has 51 heavy (non-hydrogen) atoms. The van der Waals surface area contributed by atoms with E-state index in [2.05, 4.69) is 13.2 Å². The number of ketones is 1. The number of fused-ring (bicyclic) bond motifs is 10. The first-order valence-electron chi connectivity index (χ1n) is 18.7. The second-order valence-corrected chi connectivity index (χ2v) is 18.5. The highest BCUT2D eigenvalue weighted by molar-refractivity contribution is 7.99. The summed E-state index contributed by atoms with van der Waals surface area (Å²) in [5.41, 5.74) is -2.85. The van der Waals surface area contributed by atoms with Crippen molar-refractivity contribution >= 4 is 41.2 Å². The minimum Gasteiger partial charge on any atom is -0.461 e. The maximum Gasteiger partial charge on any atom is 0.310 e. The Morgan fingerprint density at radius 2 is 1.22 bits per heavy atom. The smallest absolute Gasteiger partial charge is 0.310 e. The molecule has 9 heteroatoms. The number of rotatable bonds is 6. The SMILES string of the molecule is C=C1CC[C@H]2C(CSc3ccccc3)C(=O)O[C@@H]2[C@@H]2[C@H]1C[C@@]1(O)[C@]2(O)CC[C@]12C(=O)C[C@H]1C(=C)CC[C@H]3C(CSc4ccccc4)C(=O)O[C@@H]3[C@H]12. The van der Waals surface area contributed by atoms with Gasteiger partial charge in [-0.25, -0.2) is 0 Å². The van der Waals surface area contributed by atoms with Crippen LogP contribution in [0.5, 0.6) is 0 Å². The van der Waals surface area contributed by atoms with Crippen LogP contribution in [0.25, 0.3) is 0 Å². The summed E-state index contributed by atoms with van der Waals surface area (Å²) in [5, 5.41) is 26.5. The Labute approximate surface area is 308 Å². The van der Waals surface area contributed by atoms with Crippen molar-refractivity contribution in [3.63, 3.8) is 0 Å². The van der Waals surface area contributed by atoms with Gasteiger partial charge >= 0.3 is 11.9 Å². The number of ether oxygens (including phenoxy) is 2. The number of benzene rings is 2. The Balaban J connectivity index is 1.05. The van der Waals surface area contributed by atoms with Crippen molar-refractivity contribution in [1.82, 2.24) is 0 Å². The molecule has 2 aromatic rings. The van der Waals surface area contributed by atoms with E-state index in [1.54, 1.807) is 23.5 Å². The topological polar surface area (TPSA) is 110 Å². The van der Waals surface area contributed by atoms with Gasteiger partial charge in [0, 0.05) is 51.4 Å². The number of carbonyl (C=O) groups is 3. The molecule has 0 amide bonds. The van der Waals surface area contributed by atoms with Crippen molar-refractivity contribution in [2.24, 2.45) is 52.8 Å². The van der Waals surface area contributed by atoms with Gasteiger partial charge in [-0.2, -0.15) is 0 Å². The molecule has 9 rings (SSSR count). The first-order chi connectivity index (χ1) is 24.6. The molecule has 1 spiro atoms. The number of Topliss-reactive ketones (excluding diaryl/α,β-unsaturated/α-hetero) is 1. The van der Waals surface area contributed by atoms with Gasteiger partial charge in [-0.15, -0.1) is 23.5 Å². The highest BCUT2D eigenvalue weighted by Gasteiger charge is 2.83. The number of aliphatic hydroxyl groups is 2. The van der Waals surface area contributed by atoms with E-state index in [4.69, 9.17) is 9.47 Å². The monoisotopic (exact) mass is 726 g/mol. The number of esters is 2. The molecule has 7 nitrogen and oxygen atoms in total. The van der Waals surface area contributed by atoms with E-state index >= 15 is 0 Å². The molecule has 2 heterocycles. The second-order valence-electron chi connectivity index (χ2n) is 16.3. The van der Waals surface area contributed by atoms with Crippen LogP contribution in [0.1, 0.15) is 51.4 Å². The van der Waals surface area contributed by atoms with E-state index in [0.29, 0.717) is 30.8 Å². The molecule has 2 aliphatic heterocycles. The number of hydrogen-bond acceptors (Lipinski definition) is 9. The van der Waals surface area contributed by atoms with Crippen LogP contribution in [0.2, 0.25) is 0 Å². The lowest BCUT2D eigenvalue weighted by atomic mass is 9.59. The molecule has 5 aliphatic carbocycles. The lowest BCUT2D eigenvalue weighted by Gasteiger charge is -2.48. The van der Waals surface area contributed by atoms with E-state index in [-0.39, 0.29) is 72.5 Å². The summed E-state index contributed by atoms with van der Waals surface area (Å²) in [6, 6.07) is 20.1. The molecule has 7 fully saturated rings. The van der Waals surface area contributed by atoms with E-state index in [1.807, 2.05) is 60.7 Å². The largest absolute Gasteiger partial charge is 0.461 e. The zero-order valence-electron chi connectivity index (χ0n) is 28.8. The molecule has 0 radical (unpaired) electrons. The van der Waals surface area contributed by atoms with Crippen LogP contribution < -0.4 is 0 Å². The van der Waals surface area contributed by atoms with E-state index in [9.17, 15) is 24.6 Å². The Bertz CT molecular complexity index is 1780. The summed E-state index contributed by atoms with van der Waals surface area (Å²) in [6.07, 6.45) is 2.61. The van der Waals surface area contributed by atoms with Crippen LogP contribution in [0.15, 0.2) is 94.8 Å². The fraction of sp³-hybridized carbons (Fsp3) is 0.548. The Hall–Kier alpha value is -2.85. The van der Waals surface area contributed by atoms with Gasteiger partial charge < -0.3 is 19.7 Å². The lowest BCUT2D eigenvalue weighted by molar-refractivity contribution is -0.205. The molecule has 13 atom stereocenters. The van der Waals surface area contributed by atoms with Crippen LogP contribution >= 0.6 is 23.5 Å². The standard InChI is InChI=1S/C42H46O7S2/c1-23-13-15-27-31(21-50-25-9-5-3-6-10-25)38(44)48-36(27)34-29(23)19-33(43)40(34)17-18-41(46)35-30(20-42(40,41)47)24(2)14-16-28-32(39(45)49-37(28)35)22-51-26-11-7-4-8-12-26/h3-12,27-32,34-37,46-47H,1-2,13-22H2/t27-,28-,29-,30-,31?,32?,34-,35-,36-,37-,40+,41-,42-/m0/s1. The summed E-state index contributed by atoms with van der Waals surface area (Å²) in [6.45, 7) is 8.97. The Morgan fingerprint density at radius 1 is 0.706 bits per heavy atom. The van der Waals surface area contributed by atoms with Crippen molar-refractivity contribution in [2.45, 2.75) is 84.6 Å². The van der Waals surface area contributed by atoms with Gasteiger partial charge in [0.05, 0.1) is 17.3 Å². The van der Waals surface area contributed by atoms with Crippen molar-refractivity contribution in [3.05, 3.63) is 85.0 Å². The molecule has 2 unspecified atom stereocenters. The molecule has 2 N–H and O–H groups in total. The Morgan fingerprint density at radius 3 is 1.76 bits per heavy atom. The zero-order valence-corrected chi connectivity index (χ0v) is 30.4. The van der Waals surface area contributed by atoms with Crippen molar-refractivity contribution in [2.75, 3.05) is 11.5 Å². The quantitative estimate of drug-likeness (QED) is 0.192. The van der Waals surface area contributed by atoms with Gasteiger partial charge in [-0.1, -0.05) is 60.7 Å². The molecule has 268 valence electrons. The molecular weight excluding hydrogens is 681 g/mol. The van der Waals surface area contributed by atoms with E-state index < -0.39 is 40.7 Å². The van der Waals surface area contributed by atoms with Gasteiger partial charge in [-0.3, -0.25) is 14.4 Å². The molecule has 5 saturated carbocycles. The lowest BCUT2D eigenvalue weighted by Crippen LogP contribution is -2.63. The number of carbonyl (C=O) groups excluding carboxylic acids is 3. The number of hydrogen-bond donors (Lipinski definition) is 2. The van der Waals surface area contributed by atoms with Gasteiger partial charge in [0.1, 0.15) is 29.2 Å². The first kappa shape index (κ1) is 34.0. The van der Waals surface area contributed by atoms with Gasteiger partial charge in [-0.05, 0) is 81.0 Å². The minimum atomic E-state index is -1.79. The fourth-order valence-electron chi connectivity index (χ4n) is 12.1. The summed E-state index contributed by atoms with van der Waals surface area (Å²) in [7, 11) is 0. The second kappa shape index (κ2) is 12.4. The maximum absolute atomic E-state index is 14.7. The molecule has 0 bridgehead atoms. The predicted octanol–water partition coefficient (Wildman–Crippen LogP) is 6.67. The molecule has 0 aromatic heterocycles.